The molecule has 2 N–H and O–H groups in total. The van der Waals surface area contributed by atoms with E-state index in [4.69, 9.17) is 4.74 Å². The summed E-state index contributed by atoms with van der Waals surface area (Å²) in [5.74, 6) is -3.87. The molecule has 32 heavy (non-hydrogen) atoms. The quantitative estimate of drug-likeness (QED) is 0.750. The molecule has 2 aromatic rings. The third-order valence-corrected chi connectivity index (χ3v) is 6.21. The van der Waals surface area contributed by atoms with E-state index in [2.05, 4.69) is 5.32 Å². The molecule has 1 aliphatic carbocycles. The Kier molecular flexibility index (Phi) is 4.77. The van der Waals surface area contributed by atoms with Gasteiger partial charge >= 0.3 is 0 Å². The van der Waals surface area contributed by atoms with Crippen molar-refractivity contribution in [1.82, 2.24) is 14.8 Å². The largest absolute Gasteiger partial charge is 0.503 e. The lowest BCUT2D eigenvalue weighted by molar-refractivity contribution is -0.0387. The second-order valence-corrected chi connectivity index (χ2v) is 8.43. The first-order valence-electron chi connectivity index (χ1n) is 10.4. The first kappa shape index (κ1) is 20.6. The van der Waals surface area contributed by atoms with Gasteiger partial charge in [-0.2, -0.15) is 0 Å². The number of halogens is 2. The van der Waals surface area contributed by atoms with E-state index in [1.165, 1.54) is 17.7 Å². The molecule has 1 aromatic carbocycles. The zero-order valence-electron chi connectivity index (χ0n) is 17.2. The van der Waals surface area contributed by atoms with E-state index in [0.29, 0.717) is 18.6 Å². The summed E-state index contributed by atoms with van der Waals surface area (Å²) in [4.78, 5) is 40.1. The highest BCUT2D eigenvalue weighted by molar-refractivity contribution is 5.99. The van der Waals surface area contributed by atoms with E-state index in [-0.39, 0.29) is 23.3 Å². The minimum atomic E-state index is -1.01. The number of ether oxygens (including phenoxy) is 1. The molecule has 0 unspecified atom stereocenters. The summed E-state index contributed by atoms with van der Waals surface area (Å²) < 4.78 is 35.3. The van der Waals surface area contributed by atoms with Gasteiger partial charge in [0.2, 0.25) is 5.43 Å². The molecule has 10 heteroatoms. The van der Waals surface area contributed by atoms with Crippen molar-refractivity contribution in [2.45, 2.75) is 51.0 Å². The van der Waals surface area contributed by atoms with Gasteiger partial charge < -0.3 is 24.6 Å². The summed E-state index contributed by atoms with van der Waals surface area (Å²) in [6.07, 6.45) is 2.89. The van der Waals surface area contributed by atoms with Crippen LogP contribution in [0.1, 0.15) is 57.3 Å². The van der Waals surface area contributed by atoms with Crippen LogP contribution in [0.15, 0.2) is 23.1 Å². The van der Waals surface area contributed by atoms with E-state index < -0.39 is 53.0 Å². The number of nitrogens with one attached hydrogen (secondary N) is 1. The summed E-state index contributed by atoms with van der Waals surface area (Å²) in [6, 6.07) is 1.94. The van der Waals surface area contributed by atoms with Crippen molar-refractivity contribution < 1.29 is 28.2 Å². The minimum Gasteiger partial charge on any atom is -0.503 e. The number of hydrogen-bond donors (Lipinski definition) is 2. The van der Waals surface area contributed by atoms with Crippen LogP contribution in [0.25, 0.3) is 0 Å². The van der Waals surface area contributed by atoms with E-state index >= 15 is 0 Å². The zero-order chi connectivity index (χ0) is 22.7. The van der Waals surface area contributed by atoms with Gasteiger partial charge in [0.1, 0.15) is 17.2 Å². The number of hydrogen-bond acceptors (Lipinski definition) is 5. The molecular weight excluding hydrogens is 424 g/mol. The van der Waals surface area contributed by atoms with Crippen molar-refractivity contribution in [3.63, 3.8) is 0 Å². The highest BCUT2D eigenvalue weighted by Gasteiger charge is 2.50. The average molecular weight is 445 g/mol. The van der Waals surface area contributed by atoms with E-state index in [0.717, 1.165) is 25.0 Å². The molecule has 3 aliphatic rings. The summed E-state index contributed by atoms with van der Waals surface area (Å²) in [5.41, 5.74) is -1.55. The number of nitrogens with zero attached hydrogens (tertiary/aromatic N) is 2. The third-order valence-electron chi connectivity index (χ3n) is 6.21. The number of carbonyl (C=O) groups excluding carboxylic acids is 2. The van der Waals surface area contributed by atoms with Crippen molar-refractivity contribution in [3.8, 4) is 5.75 Å². The Hall–Kier alpha value is -3.27. The fourth-order valence-electron chi connectivity index (χ4n) is 4.49. The smallest absolute Gasteiger partial charge is 0.276 e. The van der Waals surface area contributed by atoms with Crippen molar-refractivity contribution >= 4 is 11.8 Å². The first-order chi connectivity index (χ1) is 15.3. The molecule has 1 aromatic heterocycles. The number of fused-ring (bicyclic) bond motifs is 3. The van der Waals surface area contributed by atoms with Gasteiger partial charge in [0.05, 0.1) is 12.6 Å². The summed E-state index contributed by atoms with van der Waals surface area (Å²) in [6.45, 7) is 1.45. The van der Waals surface area contributed by atoms with E-state index in [1.807, 2.05) is 0 Å². The number of aromatic hydroxyl groups is 1. The topological polar surface area (TPSA) is 101 Å². The first-order valence-corrected chi connectivity index (χ1v) is 10.4. The SMILES string of the molecule is Cc1cc(F)c(CNC(=O)c2cn3c(c(O)c2=O)C(=O)N(C2CC2)[C@H]2OCC[C@H]23)c(F)c1. The standard InChI is InChI=1S/C22H21F2N3O5/c1-10-6-14(23)12(15(24)7-10)8-25-20(30)13-9-26-16-4-5-32-22(16)27(11-2-3-11)21(31)17(26)19(29)18(13)28/h6-7,9,11,16,22,29H,2-5,8H2,1H3,(H,25,30)/t16-,22+/m1/s1. The maximum atomic E-state index is 14.1. The van der Waals surface area contributed by atoms with Crippen molar-refractivity contribution in [2.24, 2.45) is 0 Å². The summed E-state index contributed by atoms with van der Waals surface area (Å²) >= 11 is 0. The normalized spacial score (nSPS) is 22.0. The zero-order valence-corrected chi connectivity index (χ0v) is 17.2. The van der Waals surface area contributed by atoms with Gasteiger partial charge in [-0.05, 0) is 43.9 Å². The molecule has 168 valence electrons. The Morgan fingerprint density at radius 1 is 1.22 bits per heavy atom. The number of benzene rings is 1. The Bertz CT molecular complexity index is 1180. The molecule has 1 saturated heterocycles. The molecule has 0 bridgehead atoms. The van der Waals surface area contributed by atoms with E-state index in [9.17, 15) is 28.3 Å². The molecule has 0 radical (unpaired) electrons. The van der Waals surface area contributed by atoms with Crippen LogP contribution >= 0.6 is 0 Å². The molecule has 3 heterocycles. The number of aryl methyl sites for hydroxylation is 1. The second-order valence-electron chi connectivity index (χ2n) is 8.43. The lowest BCUT2D eigenvalue weighted by Gasteiger charge is -2.39. The maximum Gasteiger partial charge on any atom is 0.276 e. The Balaban J connectivity index is 1.48. The Morgan fingerprint density at radius 3 is 2.56 bits per heavy atom. The summed E-state index contributed by atoms with van der Waals surface area (Å²) in [5, 5.41) is 12.9. The van der Waals surface area contributed by atoms with Gasteiger partial charge in [-0.15, -0.1) is 0 Å². The van der Waals surface area contributed by atoms with Gasteiger partial charge in [0.15, 0.2) is 17.7 Å². The van der Waals surface area contributed by atoms with Gasteiger partial charge in [-0.3, -0.25) is 14.4 Å². The molecular formula is C22H21F2N3O5. The molecule has 1 saturated carbocycles. The number of pyridine rings is 1. The molecule has 2 fully saturated rings. The fourth-order valence-corrected chi connectivity index (χ4v) is 4.49. The van der Waals surface area contributed by atoms with Crippen LogP contribution in [0.3, 0.4) is 0 Å². The second kappa shape index (κ2) is 7.40. The third kappa shape index (κ3) is 3.17. The highest BCUT2D eigenvalue weighted by Crippen LogP contribution is 2.42. The van der Waals surface area contributed by atoms with Crippen LogP contribution < -0.4 is 10.7 Å². The van der Waals surface area contributed by atoms with Crippen molar-refractivity contribution in [2.75, 3.05) is 6.61 Å². The molecule has 0 spiro atoms. The predicted octanol–water partition coefficient (Wildman–Crippen LogP) is 1.98. The summed E-state index contributed by atoms with van der Waals surface area (Å²) in [7, 11) is 0. The monoisotopic (exact) mass is 445 g/mol. The lowest BCUT2D eigenvalue weighted by Crippen LogP contribution is -2.51. The van der Waals surface area contributed by atoms with Crippen molar-refractivity contribution in [3.05, 3.63) is 62.6 Å². The van der Waals surface area contributed by atoms with Gasteiger partial charge in [0.25, 0.3) is 11.8 Å². The molecule has 5 rings (SSSR count). The van der Waals surface area contributed by atoms with Crippen LogP contribution in [0, 0.1) is 18.6 Å². The van der Waals surface area contributed by atoms with Crippen LogP contribution in [-0.4, -0.2) is 45.3 Å². The van der Waals surface area contributed by atoms with Gasteiger partial charge in [0, 0.05) is 24.3 Å². The van der Waals surface area contributed by atoms with Crippen LogP contribution in [0.4, 0.5) is 8.78 Å². The number of carbonyl (C=O) groups is 2. The van der Waals surface area contributed by atoms with Gasteiger partial charge in [-0.1, -0.05) is 0 Å². The number of aromatic nitrogens is 1. The predicted molar refractivity (Wildman–Crippen MR) is 107 cm³/mol. The lowest BCUT2D eigenvalue weighted by atomic mass is 10.0. The van der Waals surface area contributed by atoms with Crippen molar-refractivity contribution in [1.29, 1.82) is 0 Å². The van der Waals surface area contributed by atoms with Crippen LogP contribution in [0.5, 0.6) is 5.75 Å². The highest BCUT2D eigenvalue weighted by atomic mass is 19.1. The number of amides is 2. The average Bonchev–Trinajstić information content (AvgIpc) is 3.44. The van der Waals surface area contributed by atoms with Crippen LogP contribution in [0.2, 0.25) is 0 Å². The van der Waals surface area contributed by atoms with E-state index in [1.54, 1.807) is 4.90 Å². The minimum absolute atomic E-state index is 0.0126. The fraction of sp³-hybridized carbons (Fsp3) is 0.409. The molecule has 2 atom stereocenters. The number of rotatable bonds is 4. The molecule has 2 amide bonds. The maximum absolute atomic E-state index is 14.1. The Labute approximate surface area is 181 Å². The van der Waals surface area contributed by atoms with Gasteiger partial charge in [-0.25, -0.2) is 8.78 Å². The molecule has 8 nitrogen and oxygen atoms in total. The molecule has 2 aliphatic heterocycles. The Morgan fingerprint density at radius 2 is 1.91 bits per heavy atom. The van der Waals surface area contributed by atoms with Crippen LogP contribution in [-0.2, 0) is 11.3 Å².